The molecule has 6 nitrogen and oxygen atoms in total. The molecule has 0 amide bonds. The molecule has 0 fully saturated rings. The van der Waals surface area contributed by atoms with Gasteiger partial charge in [-0.05, 0) is 48.5 Å². The van der Waals surface area contributed by atoms with E-state index in [9.17, 15) is 8.42 Å². The van der Waals surface area contributed by atoms with Crippen LogP contribution in [0.15, 0.2) is 58.3 Å². The summed E-state index contributed by atoms with van der Waals surface area (Å²) in [6, 6.07) is 11.3. The Morgan fingerprint density at radius 3 is 1.76 bits per heavy atom. The largest absolute Gasteiger partial charge is 0.491 e. The number of aliphatic hydroxyl groups is 1. The summed E-state index contributed by atoms with van der Waals surface area (Å²) in [5.41, 5.74) is 0. The third-order valence-corrected chi connectivity index (χ3v) is 4.52. The van der Waals surface area contributed by atoms with Crippen LogP contribution in [-0.4, -0.2) is 32.0 Å². The highest BCUT2D eigenvalue weighted by Crippen LogP contribution is 2.24. The molecule has 2 aromatic rings. The monoisotopic (exact) mass is 310 g/mol. The highest BCUT2D eigenvalue weighted by molar-refractivity contribution is 7.91. The van der Waals surface area contributed by atoms with Crippen molar-refractivity contribution in [2.75, 3.05) is 13.2 Å². The lowest BCUT2D eigenvalue weighted by Crippen LogP contribution is -2.04. The highest BCUT2D eigenvalue weighted by atomic mass is 32.2. The molecule has 0 aliphatic heterocycles. The van der Waals surface area contributed by atoms with E-state index in [0.717, 1.165) is 0 Å². The number of hydrogen-bond acceptors (Lipinski definition) is 6. The Bertz CT molecular complexity index is 676. The van der Waals surface area contributed by atoms with Crippen LogP contribution >= 0.6 is 0 Å². The van der Waals surface area contributed by atoms with Crippen molar-refractivity contribution in [2.45, 2.75) is 9.79 Å². The van der Waals surface area contributed by atoms with E-state index in [1.165, 1.54) is 48.5 Å². The van der Waals surface area contributed by atoms with Gasteiger partial charge in [0.1, 0.15) is 12.4 Å². The Kier molecular flexibility index (Phi) is 4.79. The molecule has 0 spiro atoms. The summed E-state index contributed by atoms with van der Waals surface area (Å²) in [5, 5.41) is 17.1. The zero-order chi connectivity index (χ0) is 15.3. The van der Waals surface area contributed by atoms with E-state index in [4.69, 9.17) is 15.1 Å². The standard InChI is InChI=1S/C14H14O6S/c15-9-10-19-11-1-5-13(6-2-11)21(17,18)14-7-3-12(20-16)4-8-14/h1-8,15-16H,9-10H2. The molecular weight excluding hydrogens is 296 g/mol. The van der Waals surface area contributed by atoms with Crippen molar-refractivity contribution in [3.05, 3.63) is 48.5 Å². The number of aliphatic hydroxyl groups excluding tert-OH is 1. The minimum atomic E-state index is -3.64. The summed E-state index contributed by atoms with van der Waals surface area (Å²) in [5.74, 6) is 0.633. The summed E-state index contributed by atoms with van der Waals surface area (Å²) in [4.78, 5) is 4.22. The van der Waals surface area contributed by atoms with E-state index in [2.05, 4.69) is 4.89 Å². The van der Waals surface area contributed by atoms with Crippen molar-refractivity contribution in [1.82, 2.24) is 0 Å². The molecule has 2 N–H and O–H groups in total. The van der Waals surface area contributed by atoms with Gasteiger partial charge in [-0.25, -0.2) is 13.7 Å². The van der Waals surface area contributed by atoms with Gasteiger partial charge in [-0.2, -0.15) is 0 Å². The minimum absolute atomic E-state index is 0.0901. The van der Waals surface area contributed by atoms with Crippen molar-refractivity contribution < 1.29 is 28.4 Å². The van der Waals surface area contributed by atoms with Gasteiger partial charge in [0.15, 0.2) is 5.75 Å². The first-order valence-corrected chi connectivity index (χ1v) is 7.56. The predicted octanol–water partition coefficient (Wildman–Crippen LogP) is 1.74. The number of hydrogen-bond donors (Lipinski definition) is 2. The van der Waals surface area contributed by atoms with Gasteiger partial charge >= 0.3 is 0 Å². The van der Waals surface area contributed by atoms with E-state index in [1.807, 2.05) is 0 Å². The van der Waals surface area contributed by atoms with E-state index in [-0.39, 0.29) is 28.8 Å². The van der Waals surface area contributed by atoms with Crippen molar-refractivity contribution in [3.8, 4) is 11.5 Å². The molecule has 0 aliphatic carbocycles. The Labute approximate surface area is 122 Å². The van der Waals surface area contributed by atoms with E-state index < -0.39 is 9.84 Å². The second-order valence-electron chi connectivity index (χ2n) is 4.11. The van der Waals surface area contributed by atoms with Crippen molar-refractivity contribution in [2.24, 2.45) is 0 Å². The van der Waals surface area contributed by atoms with Crippen molar-refractivity contribution >= 4 is 9.84 Å². The molecule has 112 valence electrons. The van der Waals surface area contributed by atoms with Gasteiger partial charge in [-0.3, -0.25) is 0 Å². The van der Waals surface area contributed by atoms with Crippen molar-refractivity contribution in [1.29, 1.82) is 0 Å². The third-order valence-electron chi connectivity index (χ3n) is 2.73. The maximum atomic E-state index is 12.4. The Hall–Kier alpha value is -2.09. The van der Waals surface area contributed by atoms with Gasteiger partial charge in [-0.1, -0.05) is 0 Å². The molecular formula is C14H14O6S. The smallest absolute Gasteiger partial charge is 0.206 e. The quantitative estimate of drug-likeness (QED) is 0.623. The maximum Gasteiger partial charge on any atom is 0.206 e. The van der Waals surface area contributed by atoms with E-state index >= 15 is 0 Å². The normalized spacial score (nSPS) is 11.1. The molecule has 0 saturated carbocycles. The molecule has 21 heavy (non-hydrogen) atoms. The van der Waals surface area contributed by atoms with E-state index in [1.54, 1.807) is 0 Å². The predicted molar refractivity (Wildman–Crippen MR) is 74.2 cm³/mol. The summed E-state index contributed by atoms with van der Waals surface area (Å²) in [6.45, 7) is 0.0358. The summed E-state index contributed by atoms with van der Waals surface area (Å²) in [6.07, 6.45) is 0. The van der Waals surface area contributed by atoms with Crippen molar-refractivity contribution in [3.63, 3.8) is 0 Å². The van der Waals surface area contributed by atoms with Crippen LogP contribution in [0.2, 0.25) is 0 Å². The lowest BCUT2D eigenvalue weighted by molar-refractivity contribution is -0.137. The molecule has 7 heteroatoms. The van der Waals surface area contributed by atoms with Crippen LogP contribution < -0.4 is 9.62 Å². The van der Waals surface area contributed by atoms with Crippen LogP contribution in [-0.2, 0) is 9.84 Å². The fourth-order valence-corrected chi connectivity index (χ4v) is 2.96. The summed E-state index contributed by atoms with van der Waals surface area (Å²) >= 11 is 0. The number of sulfone groups is 1. The first-order chi connectivity index (χ1) is 10.1. The third kappa shape index (κ3) is 3.52. The zero-order valence-corrected chi connectivity index (χ0v) is 11.8. The van der Waals surface area contributed by atoms with Crippen LogP contribution in [0.1, 0.15) is 0 Å². The first-order valence-electron chi connectivity index (χ1n) is 6.08. The molecule has 0 aliphatic rings. The summed E-state index contributed by atoms with van der Waals surface area (Å²) < 4.78 is 29.9. The minimum Gasteiger partial charge on any atom is -0.491 e. The Balaban J connectivity index is 2.25. The molecule has 2 rings (SSSR count). The molecule has 2 aromatic carbocycles. The first kappa shape index (κ1) is 15.3. The van der Waals surface area contributed by atoms with E-state index in [0.29, 0.717) is 5.75 Å². The van der Waals surface area contributed by atoms with Gasteiger partial charge in [0.2, 0.25) is 9.84 Å². The van der Waals surface area contributed by atoms with Crippen LogP contribution in [0, 0.1) is 0 Å². The molecule has 0 aromatic heterocycles. The maximum absolute atomic E-state index is 12.4. The lowest BCUT2D eigenvalue weighted by atomic mass is 10.3. The van der Waals surface area contributed by atoms with Gasteiger partial charge < -0.3 is 14.7 Å². The average molecular weight is 310 g/mol. The molecule has 0 atom stereocenters. The van der Waals surface area contributed by atoms with Crippen LogP contribution in [0.4, 0.5) is 0 Å². The summed E-state index contributed by atoms with van der Waals surface area (Å²) in [7, 11) is -3.64. The fraction of sp³-hybridized carbons (Fsp3) is 0.143. The van der Waals surface area contributed by atoms with Gasteiger partial charge in [0, 0.05) is 0 Å². The van der Waals surface area contributed by atoms with Crippen LogP contribution in [0.3, 0.4) is 0 Å². The molecule has 0 heterocycles. The SMILES string of the molecule is O=S(=O)(c1ccc(OO)cc1)c1ccc(OCCO)cc1. The second kappa shape index (κ2) is 6.57. The molecule has 0 radical (unpaired) electrons. The Morgan fingerprint density at radius 1 is 0.857 bits per heavy atom. The molecule has 0 saturated heterocycles. The Morgan fingerprint density at radius 2 is 1.33 bits per heavy atom. The number of ether oxygens (including phenoxy) is 1. The number of rotatable bonds is 6. The van der Waals surface area contributed by atoms with Gasteiger partial charge in [0.05, 0.1) is 16.4 Å². The van der Waals surface area contributed by atoms with Crippen LogP contribution in [0.25, 0.3) is 0 Å². The van der Waals surface area contributed by atoms with Crippen LogP contribution in [0.5, 0.6) is 11.5 Å². The molecule has 0 bridgehead atoms. The zero-order valence-electron chi connectivity index (χ0n) is 11.0. The lowest BCUT2D eigenvalue weighted by Gasteiger charge is -2.07. The molecule has 0 unspecified atom stereocenters. The highest BCUT2D eigenvalue weighted by Gasteiger charge is 2.17. The fourth-order valence-electron chi connectivity index (χ4n) is 1.69. The number of benzene rings is 2. The topological polar surface area (TPSA) is 93.1 Å². The second-order valence-corrected chi connectivity index (χ2v) is 6.06. The average Bonchev–Trinajstić information content (AvgIpc) is 2.53. The van der Waals surface area contributed by atoms with Gasteiger partial charge in [0.25, 0.3) is 0 Å². The van der Waals surface area contributed by atoms with Gasteiger partial charge in [-0.15, -0.1) is 0 Å².